The van der Waals surface area contributed by atoms with Crippen LogP contribution >= 0.6 is 0 Å². The molecule has 10 aromatic rings. The summed E-state index contributed by atoms with van der Waals surface area (Å²) < 4.78 is 6.26. The van der Waals surface area contributed by atoms with Crippen molar-refractivity contribution in [2.24, 2.45) is 0 Å². The maximum atomic E-state index is 6.26. The standard InChI is InChI=1S/C45H27NO/c1-2-10-29-23-33(18-17-28(29)9-1)44-35-13-5-7-15-37(35)45(38-16-8-6-14-36(38)44)41-21-19-34(27-46-41)32-20-22-42-39(25-32)40-24-30-11-3-4-12-31(30)26-43(40)47-42/h1-27H. The Morgan fingerprint density at radius 2 is 0.894 bits per heavy atom. The molecular weight excluding hydrogens is 571 g/mol. The number of aromatic nitrogens is 1. The SMILES string of the molecule is c1ccc2cc(-c3c4ccccc4c(-c4ccc(-c5ccc6oc7cc8ccccc8cc7c6c5)cn4)c4ccccc34)ccc2c1. The molecule has 10 rings (SSSR count). The van der Waals surface area contributed by atoms with E-state index in [1.54, 1.807) is 0 Å². The summed E-state index contributed by atoms with van der Waals surface area (Å²) in [6.45, 7) is 0. The van der Waals surface area contributed by atoms with Crippen molar-refractivity contribution in [1.29, 1.82) is 0 Å². The van der Waals surface area contributed by atoms with E-state index in [0.29, 0.717) is 0 Å². The zero-order valence-corrected chi connectivity index (χ0v) is 25.4. The van der Waals surface area contributed by atoms with Crippen LogP contribution < -0.4 is 0 Å². The van der Waals surface area contributed by atoms with Crippen molar-refractivity contribution in [2.45, 2.75) is 0 Å². The third-order valence-corrected chi connectivity index (χ3v) is 9.66. The summed E-state index contributed by atoms with van der Waals surface area (Å²) in [5.41, 5.74) is 8.61. The molecule has 0 radical (unpaired) electrons. The smallest absolute Gasteiger partial charge is 0.136 e. The van der Waals surface area contributed by atoms with Gasteiger partial charge in [-0.2, -0.15) is 0 Å². The number of fused-ring (bicyclic) bond motifs is 7. The van der Waals surface area contributed by atoms with Crippen molar-refractivity contribution in [3.8, 4) is 33.5 Å². The van der Waals surface area contributed by atoms with Gasteiger partial charge in [0.2, 0.25) is 0 Å². The van der Waals surface area contributed by atoms with Crippen molar-refractivity contribution >= 4 is 65.0 Å². The van der Waals surface area contributed by atoms with Crippen molar-refractivity contribution in [3.05, 3.63) is 164 Å². The topological polar surface area (TPSA) is 26.0 Å². The molecule has 8 aromatic carbocycles. The Morgan fingerprint density at radius 3 is 1.57 bits per heavy atom. The van der Waals surface area contributed by atoms with E-state index in [1.807, 2.05) is 6.20 Å². The van der Waals surface area contributed by atoms with Gasteiger partial charge in [0.05, 0.1) is 5.69 Å². The van der Waals surface area contributed by atoms with Gasteiger partial charge in [0, 0.05) is 28.1 Å². The molecule has 0 aliphatic carbocycles. The van der Waals surface area contributed by atoms with Crippen LogP contribution in [0.25, 0.3) is 98.5 Å². The normalized spacial score (nSPS) is 11.8. The Balaban J connectivity index is 1.13. The van der Waals surface area contributed by atoms with Crippen LogP contribution in [0.15, 0.2) is 168 Å². The van der Waals surface area contributed by atoms with Gasteiger partial charge in [0.25, 0.3) is 0 Å². The molecule has 0 amide bonds. The van der Waals surface area contributed by atoms with Crippen molar-refractivity contribution in [1.82, 2.24) is 4.98 Å². The van der Waals surface area contributed by atoms with Gasteiger partial charge in [-0.25, -0.2) is 0 Å². The number of hydrogen-bond donors (Lipinski definition) is 0. The molecule has 0 fully saturated rings. The fraction of sp³-hybridized carbons (Fsp3) is 0. The lowest BCUT2D eigenvalue weighted by molar-refractivity contribution is 0.669. The minimum absolute atomic E-state index is 0.896. The van der Waals surface area contributed by atoms with Crippen LogP contribution in [0.2, 0.25) is 0 Å². The molecule has 2 nitrogen and oxygen atoms in total. The zero-order valence-electron chi connectivity index (χ0n) is 25.4. The molecule has 0 aliphatic rings. The lowest BCUT2D eigenvalue weighted by Gasteiger charge is -2.17. The van der Waals surface area contributed by atoms with E-state index in [9.17, 15) is 0 Å². The van der Waals surface area contributed by atoms with Crippen LogP contribution in [0, 0.1) is 0 Å². The molecule has 0 atom stereocenters. The van der Waals surface area contributed by atoms with Gasteiger partial charge in [-0.3, -0.25) is 4.98 Å². The van der Waals surface area contributed by atoms with E-state index < -0.39 is 0 Å². The summed E-state index contributed by atoms with van der Waals surface area (Å²) in [7, 11) is 0. The van der Waals surface area contributed by atoms with Crippen LogP contribution in [0.3, 0.4) is 0 Å². The molecule has 0 unspecified atom stereocenters. The summed E-state index contributed by atoms with van der Waals surface area (Å²) in [6, 6.07) is 56.5. The second-order valence-corrected chi connectivity index (χ2v) is 12.3. The van der Waals surface area contributed by atoms with Crippen LogP contribution in [0.4, 0.5) is 0 Å². The molecule has 218 valence electrons. The second-order valence-electron chi connectivity index (χ2n) is 12.3. The van der Waals surface area contributed by atoms with Gasteiger partial charge < -0.3 is 4.42 Å². The average molecular weight is 598 g/mol. The molecule has 0 aliphatic heterocycles. The van der Waals surface area contributed by atoms with Crippen LogP contribution in [0.1, 0.15) is 0 Å². The molecule has 0 saturated heterocycles. The Kier molecular flexibility index (Phi) is 5.61. The Hall–Kier alpha value is -6.25. The Morgan fingerprint density at radius 1 is 0.340 bits per heavy atom. The average Bonchev–Trinajstić information content (AvgIpc) is 3.49. The number of pyridine rings is 1. The molecular formula is C45H27NO. The first-order chi connectivity index (χ1) is 23.3. The lowest BCUT2D eigenvalue weighted by Crippen LogP contribution is -1.92. The van der Waals surface area contributed by atoms with Crippen LogP contribution in [0.5, 0.6) is 0 Å². The summed E-state index contributed by atoms with van der Waals surface area (Å²) >= 11 is 0. The minimum Gasteiger partial charge on any atom is -0.456 e. The fourth-order valence-corrected chi connectivity index (χ4v) is 7.41. The highest BCUT2D eigenvalue weighted by Gasteiger charge is 2.18. The summed E-state index contributed by atoms with van der Waals surface area (Å²) in [5, 5.41) is 12.0. The van der Waals surface area contributed by atoms with E-state index in [2.05, 4.69) is 158 Å². The van der Waals surface area contributed by atoms with Gasteiger partial charge in [-0.15, -0.1) is 0 Å². The van der Waals surface area contributed by atoms with Gasteiger partial charge >= 0.3 is 0 Å². The quantitative estimate of drug-likeness (QED) is 0.189. The third kappa shape index (κ3) is 4.09. The summed E-state index contributed by atoms with van der Waals surface area (Å²) in [6.07, 6.45) is 2.01. The first-order valence-corrected chi connectivity index (χ1v) is 16.0. The summed E-state index contributed by atoms with van der Waals surface area (Å²) in [5.74, 6) is 0. The molecule has 2 heterocycles. The first-order valence-electron chi connectivity index (χ1n) is 16.0. The highest BCUT2D eigenvalue weighted by molar-refractivity contribution is 6.21. The monoisotopic (exact) mass is 597 g/mol. The highest BCUT2D eigenvalue weighted by Crippen LogP contribution is 2.44. The molecule has 2 aromatic heterocycles. The highest BCUT2D eigenvalue weighted by atomic mass is 16.3. The first kappa shape index (κ1) is 26.0. The van der Waals surface area contributed by atoms with E-state index in [-0.39, 0.29) is 0 Å². The maximum absolute atomic E-state index is 6.26. The van der Waals surface area contributed by atoms with E-state index in [4.69, 9.17) is 9.40 Å². The van der Waals surface area contributed by atoms with Crippen LogP contribution in [-0.2, 0) is 0 Å². The van der Waals surface area contributed by atoms with Gasteiger partial charge in [-0.1, -0.05) is 121 Å². The second kappa shape index (κ2) is 10.1. The van der Waals surface area contributed by atoms with Crippen molar-refractivity contribution in [3.63, 3.8) is 0 Å². The number of rotatable bonds is 3. The molecule has 0 spiro atoms. The van der Waals surface area contributed by atoms with E-state index in [0.717, 1.165) is 44.3 Å². The molecule has 0 saturated carbocycles. The summed E-state index contributed by atoms with van der Waals surface area (Å²) in [4.78, 5) is 5.12. The van der Waals surface area contributed by atoms with Gasteiger partial charge in [0.15, 0.2) is 0 Å². The van der Waals surface area contributed by atoms with Crippen molar-refractivity contribution in [2.75, 3.05) is 0 Å². The zero-order chi connectivity index (χ0) is 30.9. The maximum Gasteiger partial charge on any atom is 0.136 e. The van der Waals surface area contributed by atoms with Gasteiger partial charge in [0.1, 0.15) is 11.2 Å². The predicted octanol–water partition coefficient (Wildman–Crippen LogP) is 12.6. The Labute approximate surface area is 271 Å². The number of benzene rings is 8. The third-order valence-electron chi connectivity index (χ3n) is 9.66. The van der Waals surface area contributed by atoms with E-state index >= 15 is 0 Å². The van der Waals surface area contributed by atoms with Crippen molar-refractivity contribution < 1.29 is 4.42 Å². The largest absolute Gasteiger partial charge is 0.456 e. The number of furan rings is 1. The Bertz CT molecular complexity index is 2780. The number of hydrogen-bond acceptors (Lipinski definition) is 2. The lowest BCUT2D eigenvalue weighted by atomic mass is 9.86. The molecule has 0 bridgehead atoms. The molecule has 2 heteroatoms. The van der Waals surface area contributed by atoms with E-state index in [1.165, 1.54) is 54.2 Å². The molecule has 47 heavy (non-hydrogen) atoms. The molecule has 0 N–H and O–H groups in total. The fourth-order valence-electron chi connectivity index (χ4n) is 7.41. The minimum atomic E-state index is 0.896. The van der Waals surface area contributed by atoms with Gasteiger partial charge in [-0.05, 0) is 96.2 Å². The predicted molar refractivity (Wildman–Crippen MR) is 198 cm³/mol. The van der Waals surface area contributed by atoms with Crippen LogP contribution in [-0.4, -0.2) is 4.98 Å². The number of nitrogens with zero attached hydrogens (tertiary/aromatic N) is 1.